The van der Waals surface area contributed by atoms with Crippen LogP contribution in [0.3, 0.4) is 0 Å². The maximum atomic E-state index is 10.9. The highest BCUT2D eigenvalue weighted by Gasteiger charge is 2.19. The van der Waals surface area contributed by atoms with E-state index in [1.165, 1.54) is 6.42 Å². The molecule has 0 radical (unpaired) electrons. The first-order chi connectivity index (χ1) is 8.02. The monoisotopic (exact) mass is 244 g/mol. The lowest BCUT2D eigenvalue weighted by Crippen LogP contribution is -2.49. The zero-order valence-electron chi connectivity index (χ0n) is 12.2. The molecule has 2 amide bonds. The van der Waals surface area contributed by atoms with Crippen LogP contribution in [0.2, 0.25) is 0 Å². The van der Waals surface area contributed by atoms with E-state index in [-0.39, 0.29) is 11.8 Å². The third-order valence-corrected chi connectivity index (χ3v) is 2.17. The molecule has 0 saturated carbocycles. The predicted molar refractivity (Wildman–Crippen MR) is 71.8 cm³/mol. The molecule has 1 saturated heterocycles. The molecular weight excluding hydrogens is 216 g/mol. The molecule has 1 heterocycles. The third-order valence-electron chi connectivity index (χ3n) is 2.17. The van der Waals surface area contributed by atoms with Gasteiger partial charge in [-0.1, -0.05) is 34.1 Å². The van der Waals surface area contributed by atoms with E-state index in [0.29, 0.717) is 26.2 Å². The number of rotatable bonds is 0. The molecule has 1 aliphatic heterocycles. The van der Waals surface area contributed by atoms with E-state index in [0.717, 1.165) is 0 Å². The molecular formula is C13H28N2O2. The van der Waals surface area contributed by atoms with Gasteiger partial charge in [0.15, 0.2) is 0 Å². The quantitative estimate of drug-likeness (QED) is 0.655. The Morgan fingerprint density at radius 2 is 1.00 bits per heavy atom. The average Bonchev–Trinajstić information content (AvgIpc) is 2.32. The van der Waals surface area contributed by atoms with E-state index in [2.05, 4.69) is 13.8 Å². The van der Waals surface area contributed by atoms with Crippen LogP contribution in [0, 0.1) is 0 Å². The summed E-state index contributed by atoms with van der Waals surface area (Å²) in [6.45, 7) is 14.1. The first kappa shape index (κ1) is 18.3. The Hall–Kier alpha value is -1.06. The Kier molecular flexibility index (Phi) is 12.3. The third kappa shape index (κ3) is 8.72. The number of piperazine rings is 1. The number of hydrogen-bond acceptors (Lipinski definition) is 2. The Morgan fingerprint density at radius 1 is 0.824 bits per heavy atom. The molecule has 1 fully saturated rings. The van der Waals surface area contributed by atoms with E-state index in [9.17, 15) is 9.59 Å². The van der Waals surface area contributed by atoms with Crippen molar-refractivity contribution >= 4 is 11.8 Å². The van der Waals surface area contributed by atoms with E-state index in [4.69, 9.17) is 0 Å². The van der Waals surface area contributed by atoms with Crippen molar-refractivity contribution in [2.24, 2.45) is 0 Å². The minimum Gasteiger partial charge on any atom is -0.339 e. The van der Waals surface area contributed by atoms with Crippen molar-refractivity contribution in [2.45, 2.75) is 48.0 Å². The highest BCUT2D eigenvalue weighted by Crippen LogP contribution is 2.01. The molecule has 1 aliphatic rings. The summed E-state index contributed by atoms with van der Waals surface area (Å²) in [5, 5.41) is 0. The number of hydrogen-bond donors (Lipinski definition) is 0. The normalized spacial score (nSPS) is 14.0. The van der Waals surface area contributed by atoms with Crippen LogP contribution in [0.1, 0.15) is 48.0 Å². The van der Waals surface area contributed by atoms with Crippen LogP contribution in [0.4, 0.5) is 0 Å². The fraction of sp³-hybridized carbons (Fsp3) is 0.846. The minimum absolute atomic E-state index is 0.0956. The van der Waals surface area contributed by atoms with Crippen molar-refractivity contribution < 1.29 is 9.59 Å². The summed E-state index contributed by atoms with van der Waals surface area (Å²) >= 11 is 0. The maximum Gasteiger partial charge on any atom is 0.219 e. The molecule has 102 valence electrons. The second kappa shape index (κ2) is 11.4. The SMILES string of the molecule is CC.CC(=O)N1CCN(C(C)=O)CC1.CCC. The van der Waals surface area contributed by atoms with Crippen molar-refractivity contribution in [3.63, 3.8) is 0 Å². The van der Waals surface area contributed by atoms with Gasteiger partial charge in [0.2, 0.25) is 11.8 Å². The van der Waals surface area contributed by atoms with Crippen LogP contribution in [-0.2, 0) is 9.59 Å². The van der Waals surface area contributed by atoms with Gasteiger partial charge in [-0.05, 0) is 0 Å². The van der Waals surface area contributed by atoms with Gasteiger partial charge in [-0.25, -0.2) is 0 Å². The largest absolute Gasteiger partial charge is 0.339 e. The van der Waals surface area contributed by atoms with Crippen LogP contribution in [0.5, 0.6) is 0 Å². The molecule has 1 rings (SSSR count). The number of nitrogens with zero attached hydrogens (tertiary/aromatic N) is 2. The maximum absolute atomic E-state index is 10.9. The molecule has 0 aromatic rings. The summed E-state index contributed by atoms with van der Waals surface area (Å²) in [5.41, 5.74) is 0. The first-order valence-corrected chi connectivity index (χ1v) is 6.53. The van der Waals surface area contributed by atoms with Crippen LogP contribution in [-0.4, -0.2) is 47.8 Å². The zero-order valence-corrected chi connectivity index (χ0v) is 12.2. The van der Waals surface area contributed by atoms with Crippen molar-refractivity contribution in [1.82, 2.24) is 9.80 Å². The van der Waals surface area contributed by atoms with E-state index in [1.807, 2.05) is 13.8 Å². The molecule has 0 atom stereocenters. The first-order valence-electron chi connectivity index (χ1n) is 6.53. The Labute approximate surface area is 106 Å². The fourth-order valence-electron chi connectivity index (χ4n) is 1.34. The summed E-state index contributed by atoms with van der Waals surface area (Å²) in [7, 11) is 0. The standard InChI is InChI=1S/C8H14N2O2.C3H8.C2H6/c1-7(11)9-3-5-10(6-4-9)8(2)12;1-3-2;1-2/h3-6H2,1-2H3;3H2,1-2H3;1-2H3. The second-order valence-electron chi connectivity index (χ2n) is 3.72. The summed E-state index contributed by atoms with van der Waals surface area (Å²) in [6.07, 6.45) is 1.25. The van der Waals surface area contributed by atoms with E-state index >= 15 is 0 Å². The summed E-state index contributed by atoms with van der Waals surface area (Å²) in [4.78, 5) is 25.3. The molecule has 0 aliphatic carbocycles. The van der Waals surface area contributed by atoms with Gasteiger partial charge in [-0.15, -0.1) is 0 Å². The van der Waals surface area contributed by atoms with Gasteiger partial charge in [0.05, 0.1) is 0 Å². The molecule has 4 heteroatoms. The summed E-state index contributed by atoms with van der Waals surface area (Å²) in [6, 6.07) is 0. The number of carbonyl (C=O) groups is 2. The Morgan fingerprint density at radius 3 is 1.12 bits per heavy atom. The topological polar surface area (TPSA) is 40.6 Å². The van der Waals surface area contributed by atoms with Crippen LogP contribution < -0.4 is 0 Å². The Balaban J connectivity index is 0. The molecule has 0 bridgehead atoms. The smallest absolute Gasteiger partial charge is 0.219 e. The van der Waals surface area contributed by atoms with E-state index in [1.54, 1.807) is 23.6 Å². The molecule has 0 spiro atoms. The molecule has 0 aromatic heterocycles. The van der Waals surface area contributed by atoms with Crippen molar-refractivity contribution in [3.8, 4) is 0 Å². The van der Waals surface area contributed by atoms with Crippen LogP contribution in [0.15, 0.2) is 0 Å². The Bertz CT molecular complexity index is 187. The highest BCUT2D eigenvalue weighted by molar-refractivity contribution is 5.75. The van der Waals surface area contributed by atoms with E-state index < -0.39 is 0 Å². The highest BCUT2D eigenvalue weighted by atomic mass is 16.2. The van der Waals surface area contributed by atoms with Crippen molar-refractivity contribution in [2.75, 3.05) is 26.2 Å². The molecule has 4 nitrogen and oxygen atoms in total. The molecule has 0 aromatic carbocycles. The van der Waals surface area contributed by atoms with Gasteiger partial charge in [0.1, 0.15) is 0 Å². The van der Waals surface area contributed by atoms with Gasteiger partial charge in [0, 0.05) is 40.0 Å². The van der Waals surface area contributed by atoms with Gasteiger partial charge in [-0.2, -0.15) is 0 Å². The molecule has 0 unspecified atom stereocenters. The fourth-order valence-corrected chi connectivity index (χ4v) is 1.34. The minimum atomic E-state index is 0.0956. The summed E-state index contributed by atoms with van der Waals surface area (Å²) in [5.74, 6) is 0.191. The average molecular weight is 244 g/mol. The lowest BCUT2D eigenvalue weighted by atomic mass is 10.3. The van der Waals surface area contributed by atoms with Gasteiger partial charge in [0.25, 0.3) is 0 Å². The van der Waals surface area contributed by atoms with Crippen molar-refractivity contribution in [1.29, 1.82) is 0 Å². The lowest BCUT2D eigenvalue weighted by Gasteiger charge is -2.33. The number of carbonyl (C=O) groups excluding carboxylic acids is 2. The lowest BCUT2D eigenvalue weighted by molar-refractivity contribution is -0.137. The molecule has 17 heavy (non-hydrogen) atoms. The van der Waals surface area contributed by atoms with Gasteiger partial charge >= 0.3 is 0 Å². The van der Waals surface area contributed by atoms with Crippen LogP contribution in [0.25, 0.3) is 0 Å². The van der Waals surface area contributed by atoms with Gasteiger partial charge < -0.3 is 9.80 Å². The second-order valence-corrected chi connectivity index (χ2v) is 3.72. The zero-order chi connectivity index (χ0) is 13.8. The van der Waals surface area contributed by atoms with Gasteiger partial charge in [-0.3, -0.25) is 9.59 Å². The van der Waals surface area contributed by atoms with Crippen molar-refractivity contribution in [3.05, 3.63) is 0 Å². The van der Waals surface area contributed by atoms with Crippen LogP contribution >= 0.6 is 0 Å². The predicted octanol–water partition coefficient (Wildman–Crippen LogP) is 2.14. The molecule has 0 N–H and O–H groups in total. The number of amides is 2. The summed E-state index contributed by atoms with van der Waals surface area (Å²) < 4.78 is 0.